The molecule has 3 atom stereocenters. The smallest absolute Gasteiger partial charge is 0.348 e. The van der Waals surface area contributed by atoms with Crippen molar-refractivity contribution in [3.05, 3.63) is 11.6 Å². The molecule has 13 nitrogen and oxygen atoms in total. The molecule has 0 saturated heterocycles. The van der Waals surface area contributed by atoms with E-state index in [9.17, 15) is 37.3 Å². The predicted octanol–water partition coefficient (Wildman–Crippen LogP) is -5.24. The maximum absolute atomic E-state index is 12.1. The SMILES string of the molecule is NS(=O)(=O)c1cc2c(s1)S(=O)(=O)C(O)C(O)C2NC(O)(O)C(O)(O)O. The fraction of sp³-hybridized carbons (Fsp3) is 0.556. The average molecular weight is 422 g/mol. The number of nitrogens with two attached hydrogens (primary N) is 1. The normalized spacial score (nSPS) is 27.1. The highest BCUT2D eigenvalue weighted by Gasteiger charge is 2.54. The summed E-state index contributed by atoms with van der Waals surface area (Å²) >= 11 is 0.129. The second-order valence-corrected chi connectivity index (χ2v) is 10.3. The molecule has 1 aliphatic heterocycles. The van der Waals surface area contributed by atoms with Crippen molar-refractivity contribution in [2.75, 3.05) is 0 Å². The summed E-state index contributed by atoms with van der Waals surface area (Å²) in [4.78, 5) is 0. The summed E-state index contributed by atoms with van der Waals surface area (Å²) < 4.78 is 45.6. The van der Waals surface area contributed by atoms with E-state index in [1.165, 1.54) is 5.32 Å². The Hall–Kier alpha value is -0.760. The number of aliphatic hydroxyl groups is 7. The van der Waals surface area contributed by atoms with Crippen molar-refractivity contribution in [2.24, 2.45) is 5.14 Å². The Labute approximate surface area is 144 Å². The summed E-state index contributed by atoms with van der Waals surface area (Å²) in [5.41, 5.74) is -3.07. The van der Waals surface area contributed by atoms with E-state index in [2.05, 4.69) is 0 Å². The molecule has 0 bridgehead atoms. The summed E-state index contributed by atoms with van der Waals surface area (Å²) in [5, 5.41) is 71.6. The first-order valence-corrected chi connectivity index (χ1v) is 10.1. The molecule has 1 aromatic heterocycles. The summed E-state index contributed by atoms with van der Waals surface area (Å²) in [6, 6.07) is -1.26. The third-order valence-electron chi connectivity index (χ3n) is 3.35. The number of thiophene rings is 1. The molecule has 1 aliphatic rings. The fourth-order valence-electron chi connectivity index (χ4n) is 2.06. The molecule has 2 heterocycles. The van der Waals surface area contributed by atoms with Crippen LogP contribution in [-0.2, 0) is 19.9 Å². The second kappa shape index (κ2) is 5.87. The van der Waals surface area contributed by atoms with Gasteiger partial charge in [-0.2, -0.15) is 0 Å². The zero-order valence-electron chi connectivity index (χ0n) is 11.9. The van der Waals surface area contributed by atoms with Crippen LogP contribution in [0.3, 0.4) is 0 Å². The lowest BCUT2D eigenvalue weighted by molar-refractivity contribution is -0.458. The lowest BCUT2D eigenvalue weighted by Gasteiger charge is -2.38. The van der Waals surface area contributed by atoms with E-state index >= 15 is 0 Å². The summed E-state index contributed by atoms with van der Waals surface area (Å²) in [5.74, 6) is -8.06. The second-order valence-electron chi connectivity index (χ2n) is 5.21. The number of primary sulfonamides is 1. The van der Waals surface area contributed by atoms with Gasteiger partial charge in [-0.25, -0.2) is 27.3 Å². The monoisotopic (exact) mass is 422 g/mol. The molecule has 3 unspecified atom stereocenters. The van der Waals surface area contributed by atoms with Gasteiger partial charge in [-0.3, -0.25) is 0 Å². The molecule has 0 aliphatic carbocycles. The maximum Gasteiger partial charge on any atom is 0.348 e. The lowest BCUT2D eigenvalue weighted by Crippen LogP contribution is -2.66. The summed E-state index contributed by atoms with van der Waals surface area (Å²) in [7, 11) is -9.01. The van der Waals surface area contributed by atoms with Gasteiger partial charge in [0.15, 0.2) is 5.44 Å². The highest BCUT2D eigenvalue weighted by molar-refractivity contribution is 7.95. The van der Waals surface area contributed by atoms with Crippen molar-refractivity contribution in [3.8, 4) is 0 Å². The fourth-order valence-corrected chi connectivity index (χ4v) is 6.19. The minimum absolute atomic E-state index is 0.129. The van der Waals surface area contributed by atoms with E-state index < -0.39 is 63.3 Å². The number of fused-ring (bicyclic) bond motifs is 1. The van der Waals surface area contributed by atoms with E-state index in [0.29, 0.717) is 6.07 Å². The van der Waals surface area contributed by atoms with Crippen LogP contribution in [0, 0.1) is 0 Å². The molecule has 144 valence electrons. The quantitative estimate of drug-likeness (QED) is 0.206. The van der Waals surface area contributed by atoms with Crippen LogP contribution in [0.4, 0.5) is 0 Å². The largest absolute Gasteiger partial charge is 0.387 e. The minimum Gasteiger partial charge on any atom is -0.387 e. The molecule has 0 spiro atoms. The van der Waals surface area contributed by atoms with E-state index in [1.54, 1.807) is 0 Å². The van der Waals surface area contributed by atoms with Gasteiger partial charge in [0.05, 0.1) is 6.04 Å². The number of sulfonamides is 1. The topological polar surface area (TPSA) is 248 Å². The van der Waals surface area contributed by atoms with E-state index in [0.717, 1.165) is 0 Å². The van der Waals surface area contributed by atoms with Crippen LogP contribution in [0.1, 0.15) is 11.6 Å². The molecule has 0 saturated carbocycles. The van der Waals surface area contributed by atoms with E-state index in [-0.39, 0.29) is 11.3 Å². The Balaban J connectivity index is 2.66. The van der Waals surface area contributed by atoms with Gasteiger partial charge in [0.1, 0.15) is 14.5 Å². The van der Waals surface area contributed by atoms with Crippen LogP contribution >= 0.6 is 11.3 Å². The van der Waals surface area contributed by atoms with Crippen LogP contribution in [0.25, 0.3) is 0 Å². The summed E-state index contributed by atoms with van der Waals surface area (Å²) in [6.07, 6.45) is -2.30. The molecule has 25 heavy (non-hydrogen) atoms. The van der Waals surface area contributed by atoms with E-state index in [1.807, 2.05) is 0 Å². The molecule has 1 aromatic rings. The predicted molar refractivity (Wildman–Crippen MR) is 77.3 cm³/mol. The maximum atomic E-state index is 12.1. The van der Waals surface area contributed by atoms with Gasteiger partial charge < -0.3 is 35.7 Å². The Bertz CT molecular complexity index is 882. The highest BCUT2D eigenvalue weighted by atomic mass is 32.3. The number of nitrogens with one attached hydrogen (secondary N) is 1. The molecule has 0 fully saturated rings. The molecule has 10 N–H and O–H groups in total. The standard InChI is InChI=1S/C9H14N2O11S3/c10-25(21,22)3-1-2-4(11-8(14,15)9(16,17)18)5(12)6(13)24(19,20)7(2)23-3/h1,4-6,11-18H,(H2,10,21,22). The molecule has 0 amide bonds. The van der Waals surface area contributed by atoms with Gasteiger partial charge in [0.25, 0.3) is 0 Å². The first kappa shape index (κ1) is 20.6. The van der Waals surface area contributed by atoms with Gasteiger partial charge in [0.2, 0.25) is 19.9 Å². The number of rotatable bonds is 4. The van der Waals surface area contributed by atoms with Crippen molar-refractivity contribution in [1.29, 1.82) is 0 Å². The molecule has 16 heteroatoms. The van der Waals surface area contributed by atoms with Crippen LogP contribution in [0.5, 0.6) is 0 Å². The highest BCUT2D eigenvalue weighted by Crippen LogP contribution is 2.42. The summed E-state index contributed by atoms with van der Waals surface area (Å²) in [6.45, 7) is 0. The third kappa shape index (κ3) is 3.44. The minimum atomic E-state index is -4.62. The van der Waals surface area contributed by atoms with Crippen molar-refractivity contribution >= 4 is 31.2 Å². The van der Waals surface area contributed by atoms with Crippen LogP contribution < -0.4 is 10.5 Å². The van der Waals surface area contributed by atoms with Crippen molar-refractivity contribution < 1.29 is 52.6 Å². The number of aliphatic hydroxyl groups excluding tert-OH is 2. The van der Waals surface area contributed by atoms with Crippen LogP contribution in [0.15, 0.2) is 14.5 Å². The lowest BCUT2D eigenvalue weighted by atomic mass is 10.0. The van der Waals surface area contributed by atoms with Crippen molar-refractivity contribution in [1.82, 2.24) is 5.32 Å². The molecule has 0 radical (unpaired) electrons. The Morgan fingerprint density at radius 1 is 1.16 bits per heavy atom. The van der Waals surface area contributed by atoms with Gasteiger partial charge in [-0.15, -0.1) is 11.3 Å². The first-order chi connectivity index (χ1) is 11.0. The van der Waals surface area contributed by atoms with Crippen molar-refractivity contribution in [2.45, 2.75) is 37.9 Å². The Morgan fingerprint density at radius 3 is 2.12 bits per heavy atom. The zero-order valence-corrected chi connectivity index (χ0v) is 14.3. The number of hydrogen-bond donors (Lipinski definition) is 9. The molecular weight excluding hydrogens is 408 g/mol. The van der Waals surface area contributed by atoms with E-state index in [4.69, 9.17) is 20.5 Å². The third-order valence-corrected chi connectivity index (χ3v) is 8.33. The number of sulfone groups is 1. The Kier molecular flexibility index (Phi) is 4.83. The van der Waals surface area contributed by atoms with Crippen molar-refractivity contribution in [3.63, 3.8) is 0 Å². The van der Waals surface area contributed by atoms with Gasteiger partial charge in [0, 0.05) is 5.56 Å². The number of hydrogen-bond acceptors (Lipinski definition) is 13. The Morgan fingerprint density at radius 2 is 1.68 bits per heavy atom. The molecule has 0 aromatic carbocycles. The van der Waals surface area contributed by atoms with Crippen LogP contribution in [0.2, 0.25) is 0 Å². The van der Waals surface area contributed by atoms with Gasteiger partial charge in [-0.05, 0) is 6.07 Å². The molecule has 2 rings (SSSR count). The zero-order chi connectivity index (χ0) is 19.6. The van der Waals surface area contributed by atoms with Gasteiger partial charge in [-0.1, -0.05) is 0 Å². The van der Waals surface area contributed by atoms with Gasteiger partial charge >= 0.3 is 11.9 Å². The first-order valence-electron chi connectivity index (χ1n) is 6.16. The average Bonchev–Trinajstić information content (AvgIpc) is 2.86. The van der Waals surface area contributed by atoms with Crippen LogP contribution in [-0.4, -0.2) is 76.0 Å². The molecular formula is C9H14N2O11S3.